The summed E-state index contributed by atoms with van der Waals surface area (Å²) < 4.78 is 10.6. The number of hydrogen-bond donors (Lipinski definition) is 0. The SMILES string of the molecule is CN(C)C(=O)OC(OC(=O)N(C)C)N(C)C1CCCCC1. The van der Waals surface area contributed by atoms with E-state index in [0.29, 0.717) is 0 Å². The Morgan fingerprint density at radius 1 is 0.857 bits per heavy atom. The molecule has 0 aliphatic heterocycles. The van der Waals surface area contributed by atoms with Crippen molar-refractivity contribution in [1.29, 1.82) is 0 Å². The van der Waals surface area contributed by atoms with Gasteiger partial charge in [0.05, 0.1) is 0 Å². The van der Waals surface area contributed by atoms with Gasteiger partial charge in [0.2, 0.25) is 0 Å². The van der Waals surface area contributed by atoms with Crippen LogP contribution < -0.4 is 0 Å². The third-order valence-electron chi connectivity index (χ3n) is 3.62. The van der Waals surface area contributed by atoms with E-state index in [4.69, 9.17) is 9.47 Å². The van der Waals surface area contributed by atoms with Crippen LogP contribution in [0.3, 0.4) is 0 Å². The van der Waals surface area contributed by atoms with E-state index in [-0.39, 0.29) is 6.04 Å². The average molecular weight is 301 g/mol. The van der Waals surface area contributed by atoms with Crippen molar-refractivity contribution >= 4 is 12.2 Å². The molecule has 0 aromatic carbocycles. The maximum Gasteiger partial charge on any atom is 0.413 e. The van der Waals surface area contributed by atoms with Crippen LogP contribution in [0.4, 0.5) is 9.59 Å². The molecule has 122 valence electrons. The lowest BCUT2D eigenvalue weighted by Gasteiger charge is -2.36. The fourth-order valence-electron chi connectivity index (χ4n) is 2.23. The Morgan fingerprint density at radius 3 is 1.67 bits per heavy atom. The van der Waals surface area contributed by atoms with Gasteiger partial charge in [-0.05, 0) is 19.9 Å². The van der Waals surface area contributed by atoms with Crippen LogP contribution in [0.2, 0.25) is 0 Å². The fraction of sp³-hybridized carbons (Fsp3) is 0.857. The summed E-state index contributed by atoms with van der Waals surface area (Å²) in [7, 11) is 8.19. The Morgan fingerprint density at radius 2 is 1.29 bits per heavy atom. The molecule has 0 aromatic heterocycles. The van der Waals surface area contributed by atoms with Crippen LogP contribution in [-0.4, -0.2) is 74.6 Å². The summed E-state index contributed by atoms with van der Waals surface area (Å²) >= 11 is 0. The lowest BCUT2D eigenvalue weighted by Crippen LogP contribution is -2.48. The summed E-state index contributed by atoms with van der Waals surface area (Å²) in [6.45, 7) is 0. The molecule has 7 heteroatoms. The second kappa shape index (κ2) is 8.07. The fourth-order valence-corrected chi connectivity index (χ4v) is 2.23. The van der Waals surface area contributed by atoms with Crippen molar-refractivity contribution in [3.63, 3.8) is 0 Å². The molecule has 1 saturated carbocycles. The van der Waals surface area contributed by atoms with Crippen LogP contribution >= 0.6 is 0 Å². The van der Waals surface area contributed by atoms with Gasteiger partial charge in [-0.3, -0.25) is 0 Å². The highest BCUT2D eigenvalue weighted by Gasteiger charge is 2.31. The van der Waals surface area contributed by atoms with Gasteiger partial charge in [-0.15, -0.1) is 0 Å². The van der Waals surface area contributed by atoms with Gasteiger partial charge in [0.15, 0.2) is 0 Å². The van der Waals surface area contributed by atoms with E-state index in [1.807, 2.05) is 11.9 Å². The molecular formula is C14H27N3O4. The van der Waals surface area contributed by atoms with Crippen molar-refractivity contribution in [2.24, 2.45) is 0 Å². The molecule has 0 radical (unpaired) electrons. The van der Waals surface area contributed by atoms with Crippen LogP contribution in [0.25, 0.3) is 0 Å². The molecule has 1 aliphatic rings. The summed E-state index contributed by atoms with van der Waals surface area (Å²) in [5.74, 6) is 0. The van der Waals surface area contributed by atoms with Crippen molar-refractivity contribution in [2.75, 3.05) is 35.2 Å². The summed E-state index contributed by atoms with van der Waals surface area (Å²) in [6, 6.07) is 0.258. The Balaban J connectivity index is 2.73. The summed E-state index contributed by atoms with van der Waals surface area (Å²) in [6.07, 6.45) is 3.49. The van der Waals surface area contributed by atoms with Gasteiger partial charge in [0.1, 0.15) is 0 Å². The molecular weight excluding hydrogens is 274 g/mol. The Labute approximate surface area is 126 Å². The molecule has 2 amide bonds. The zero-order valence-electron chi connectivity index (χ0n) is 13.7. The number of carbonyl (C=O) groups excluding carboxylic acids is 2. The number of carbonyl (C=O) groups is 2. The molecule has 7 nitrogen and oxygen atoms in total. The lowest BCUT2D eigenvalue weighted by molar-refractivity contribution is -0.173. The molecule has 0 bridgehead atoms. The first-order chi connectivity index (χ1) is 9.82. The highest BCUT2D eigenvalue weighted by Crippen LogP contribution is 2.24. The van der Waals surface area contributed by atoms with Gasteiger partial charge in [0, 0.05) is 34.2 Å². The summed E-state index contributed by atoms with van der Waals surface area (Å²) in [5.41, 5.74) is 0. The zero-order valence-corrected chi connectivity index (χ0v) is 13.7. The lowest BCUT2D eigenvalue weighted by atomic mass is 9.95. The molecule has 0 unspecified atom stereocenters. The maximum absolute atomic E-state index is 11.8. The second-order valence-electron chi connectivity index (χ2n) is 5.82. The quantitative estimate of drug-likeness (QED) is 0.743. The van der Waals surface area contributed by atoms with Crippen LogP contribution in [-0.2, 0) is 9.47 Å². The summed E-state index contributed by atoms with van der Waals surface area (Å²) in [4.78, 5) is 28.0. The molecule has 21 heavy (non-hydrogen) atoms. The number of nitrogens with zero attached hydrogens (tertiary/aromatic N) is 3. The van der Waals surface area contributed by atoms with E-state index in [2.05, 4.69) is 0 Å². The minimum Gasteiger partial charge on any atom is -0.394 e. The van der Waals surface area contributed by atoms with Gasteiger partial charge in [-0.1, -0.05) is 19.3 Å². The molecule has 1 rings (SSSR count). The first kappa shape index (κ1) is 17.6. The molecule has 0 saturated heterocycles. The van der Waals surface area contributed by atoms with E-state index in [9.17, 15) is 9.59 Å². The first-order valence-corrected chi connectivity index (χ1v) is 7.30. The van der Waals surface area contributed by atoms with Crippen molar-refractivity contribution in [1.82, 2.24) is 14.7 Å². The molecule has 0 heterocycles. The molecule has 1 fully saturated rings. The van der Waals surface area contributed by atoms with Gasteiger partial charge in [-0.25, -0.2) is 14.5 Å². The Bertz CT molecular complexity index is 332. The van der Waals surface area contributed by atoms with Gasteiger partial charge < -0.3 is 19.3 Å². The highest BCUT2D eigenvalue weighted by atomic mass is 16.7. The minimum absolute atomic E-state index is 0.258. The number of amides is 2. The molecule has 0 atom stereocenters. The molecule has 0 aromatic rings. The topological polar surface area (TPSA) is 62.3 Å². The molecule has 1 aliphatic carbocycles. The number of rotatable bonds is 4. The normalized spacial score (nSPS) is 16.0. The van der Waals surface area contributed by atoms with Crippen LogP contribution in [0, 0.1) is 0 Å². The highest BCUT2D eigenvalue weighted by molar-refractivity contribution is 5.68. The van der Waals surface area contributed by atoms with Gasteiger partial charge in [0.25, 0.3) is 0 Å². The zero-order chi connectivity index (χ0) is 16.0. The van der Waals surface area contributed by atoms with Crippen molar-refractivity contribution < 1.29 is 19.1 Å². The minimum atomic E-state index is -1.00. The van der Waals surface area contributed by atoms with Crippen molar-refractivity contribution in [3.8, 4) is 0 Å². The van der Waals surface area contributed by atoms with Crippen LogP contribution in [0.5, 0.6) is 0 Å². The van der Waals surface area contributed by atoms with Crippen LogP contribution in [0.1, 0.15) is 32.1 Å². The van der Waals surface area contributed by atoms with Gasteiger partial charge >= 0.3 is 18.6 Å². The number of hydrogen-bond acceptors (Lipinski definition) is 5. The standard InChI is InChI=1S/C14H27N3O4/c1-15(2)12(18)20-14(21-13(19)16(3)4)17(5)11-9-7-6-8-10-11/h11,14H,6-10H2,1-5H3. The van der Waals surface area contributed by atoms with E-state index < -0.39 is 18.6 Å². The van der Waals surface area contributed by atoms with Crippen molar-refractivity contribution in [2.45, 2.75) is 44.6 Å². The maximum atomic E-state index is 11.8. The Kier molecular flexibility index (Phi) is 6.74. The Hall–Kier alpha value is -1.50. The average Bonchev–Trinajstić information content (AvgIpc) is 2.46. The number of ether oxygens (including phenoxy) is 2. The van der Waals surface area contributed by atoms with E-state index in [1.54, 1.807) is 28.2 Å². The van der Waals surface area contributed by atoms with Gasteiger partial charge in [-0.2, -0.15) is 0 Å². The van der Waals surface area contributed by atoms with E-state index in [0.717, 1.165) is 25.7 Å². The van der Waals surface area contributed by atoms with E-state index >= 15 is 0 Å². The monoisotopic (exact) mass is 301 g/mol. The molecule has 0 spiro atoms. The molecule has 0 N–H and O–H groups in total. The smallest absolute Gasteiger partial charge is 0.394 e. The van der Waals surface area contributed by atoms with E-state index in [1.165, 1.54) is 16.2 Å². The predicted octanol–water partition coefficient (Wildman–Crippen LogP) is 1.93. The first-order valence-electron chi connectivity index (χ1n) is 7.30. The van der Waals surface area contributed by atoms with Crippen LogP contribution in [0.15, 0.2) is 0 Å². The third kappa shape index (κ3) is 5.41. The summed E-state index contributed by atoms with van der Waals surface area (Å²) in [5, 5.41) is 0. The van der Waals surface area contributed by atoms with Crippen molar-refractivity contribution in [3.05, 3.63) is 0 Å². The largest absolute Gasteiger partial charge is 0.413 e. The third-order valence-corrected chi connectivity index (χ3v) is 3.62. The second-order valence-corrected chi connectivity index (χ2v) is 5.82. The predicted molar refractivity (Wildman–Crippen MR) is 78.8 cm³/mol.